The Labute approximate surface area is 158 Å². The summed E-state index contributed by atoms with van der Waals surface area (Å²) in [6.45, 7) is 1.09. The second-order valence-electron chi connectivity index (χ2n) is 6.32. The van der Waals surface area contributed by atoms with Crippen molar-refractivity contribution in [1.29, 1.82) is 0 Å². The van der Waals surface area contributed by atoms with Gasteiger partial charge in [0.2, 0.25) is 0 Å². The highest BCUT2D eigenvalue weighted by molar-refractivity contribution is 7.92. The molecule has 1 heterocycles. The molecule has 27 heavy (non-hydrogen) atoms. The van der Waals surface area contributed by atoms with E-state index in [9.17, 15) is 17.6 Å². The molecule has 0 aromatic heterocycles. The molecule has 0 spiro atoms. The number of amides is 1. The van der Waals surface area contributed by atoms with Gasteiger partial charge in [-0.25, -0.2) is 12.8 Å². The van der Waals surface area contributed by atoms with E-state index in [1.54, 1.807) is 6.07 Å². The zero-order valence-corrected chi connectivity index (χ0v) is 15.7. The predicted octanol–water partition coefficient (Wildman–Crippen LogP) is 2.56. The Bertz CT molecular complexity index is 910. The molecule has 1 N–H and O–H groups in total. The van der Waals surface area contributed by atoms with Crippen molar-refractivity contribution in [2.75, 3.05) is 24.5 Å². The zero-order valence-electron chi connectivity index (χ0n) is 14.9. The number of nitrogens with zero attached hydrogens (tertiary/aromatic N) is 1. The van der Waals surface area contributed by atoms with Gasteiger partial charge in [0.15, 0.2) is 0 Å². The van der Waals surface area contributed by atoms with E-state index in [-0.39, 0.29) is 22.5 Å². The maximum atomic E-state index is 13.1. The molecule has 2 aromatic rings. The highest BCUT2D eigenvalue weighted by Crippen LogP contribution is 2.23. The van der Waals surface area contributed by atoms with Crippen LogP contribution < -0.4 is 9.62 Å². The van der Waals surface area contributed by atoms with Crippen LogP contribution in [0.25, 0.3) is 0 Å². The molecule has 0 radical (unpaired) electrons. The minimum atomic E-state index is -3.89. The highest BCUT2D eigenvalue weighted by Gasteiger charge is 2.23. The molecule has 1 fully saturated rings. The third-order valence-corrected chi connectivity index (χ3v) is 6.24. The molecule has 1 aliphatic rings. The van der Waals surface area contributed by atoms with Crippen molar-refractivity contribution in [2.24, 2.45) is 0 Å². The van der Waals surface area contributed by atoms with Gasteiger partial charge in [0.05, 0.1) is 16.7 Å². The van der Waals surface area contributed by atoms with E-state index in [0.29, 0.717) is 18.8 Å². The molecular formula is C19H21FN2O4S. The molecule has 0 unspecified atom stereocenters. The number of carbonyl (C=O) groups excluding carboxylic acids is 1. The molecule has 0 saturated carbocycles. The molecule has 8 heteroatoms. The van der Waals surface area contributed by atoms with Crippen LogP contribution >= 0.6 is 0 Å². The number of hydrogen-bond donors (Lipinski definition) is 1. The van der Waals surface area contributed by atoms with Crippen LogP contribution in [0, 0.1) is 5.82 Å². The second kappa shape index (κ2) is 8.06. The Morgan fingerprint density at radius 3 is 2.67 bits per heavy atom. The fourth-order valence-corrected chi connectivity index (χ4v) is 4.10. The summed E-state index contributed by atoms with van der Waals surface area (Å²) in [5, 5.41) is 2.77. The van der Waals surface area contributed by atoms with Gasteiger partial charge in [0.25, 0.3) is 15.9 Å². The fourth-order valence-electron chi connectivity index (χ4n) is 2.86. The van der Waals surface area contributed by atoms with Crippen molar-refractivity contribution in [1.82, 2.24) is 5.32 Å². The first-order valence-corrected chi connectivity index (χ1v) is 10.1. The van der Waals surface area contributed by atoms with Crippen molar-refractivity contribution in [3.8, 4) is 0 Å². The zero-order chi connectivity index (χ0) is 19.4. The number of ether oxygens (including phenoxy) is 1. The Balaban J connectivity index is 1.76. The van der Waals surface area contributed by atoms with Crippen LogP contribution in [-0.2, 0) is 14.8 Å². The molecule has 1 atom stereocenters. The summed E-state index contributed by atoms with van der Waals surface area (Å²) < 4.78 is 45.3. The Morgan fingerprint density at radius 2 is 2.00 bits per heavy atom. The SMILES string of the molecule is CN(c1ccc(F)cc1)S(=O)(=O)c1cccc(C(=O)NC[C@@H]2CCCO2)c1. The van der Waals surface area contributed by atoms with E-state index in [4.69, 9.17) is 4.74 Å². The normalized spacial score (nSPS) is 16.9. The van der Waals surface area contributed by atoms with Gasteiger partial charge in [-0.1, -0.05) is 6.07 Å². The number of sulfonamides is 1. The third-order valence-electron chi connectivity index (χ3n) is 4.46. The maximum Gasteiger partial charge on any atom is 0.264 e. The predicted molar refractivity (Wildman–Crippen MR) is 99.7 cm³/mol. The number of carbonyl (C=O) groups is 1. The minimum absolute atomic E-state index is 0.00507. The van der Waals surface area contributed by atoms with Gasteiger partial charge in [-0.3, -0.25) is 9.10 Å². The van der Waals surface area contributed by atoms with Crippen molar-refractivity contribution in [3.05, 3.63) is 59.9 Å². The lowest BCUT2D eigenvalue weighted by Crippen LogP contribution is -2.32. The quantitative estimate of drug-likeness (QED) is 0.820. The Hall–Kier alpha value is -2.45. The number of benzene rings is 2. The molecule has 0 bridgehead atoms. The molecule has 1 amide bonds. The van der Waals surface area contributed by atoms with E-state index in [1.807, 2.05) is 0 Å². The number of hydrogen-bond acceptors (Lipinski definition) is 4. The molecule has 2 aromatic carbocycles. The summed E-state index contributed by atoms with van der Waals surface area (Å²) in [6.07, 6.45) is 1.88. The number of rotatable bonds is 6. The molecule has 144 valence electrons. The largest absolute Gasteiger partial charge is 0.376 e. The van der Waals surface area contributed by atoms with Crippen molar-refractivity contribution >= 4 is 21.6 Å². The number of nitrogens with one attached hydrogen (secondary N) is 1. The Morgan fingerprint density at radius 1 is 1.26 bits per heavy atom. The lowest BCUT2D eigenvalue weighted by atomic mass is 10.2. The van der Waals surface area contributed by atoms with Crippen molar-refractivity contribution < 1.29 is 22.3 Å². The van der Waals surface area contributed by atoms with Gasteiger partial charge in [-0.05, 0) is 55.3 Å². The lowest BCUT2D eigenvalue weighted by Gasteiger charge is -2.20. The van der Waals surface area contributed by atoms with E-state index in [1.165, 1.54) is 49.5 Å². The van der Waals surface area contributed by atoms with Gasteiger partial charge in [-0.2, -0.15) is 0 Å². The maximum absolute atomic E-state index is 13.1. The first-order chi connectivity index (χ1) is 12.9. The Kier molecular flexibility index (Phi) is 5.76. The van der Waals surface area contributed by atoms with Crippen LogP contribution in [-0.4, -0.2) is 40.6 Å². The van der Waals surface area contributed by atoms with Crippen LogP contribution in [0.5, 0.6) is 0 Å². The smallest absolute Gasteiger partial charge is 0.264 e. The van der Waals surface area contributed by atoms with Crippen molar-refractivity contribution in [3.63, 3.8) is 0 Å². The number of anilines is 1. The summed E-state index contributed by atoms with van der Waals surface area (Å²) in [5.41, 5.74) is 0.575. The van der Waals surface area contributed by atoms with Crippen LogP contribution in [0.15, 0.2) is 53.4 Å². The summed E-state index contributed by atoms with van der Waals surface area (Å²) in [5.74, 6) is -0.804. The van der Waals surface area contributed by atoms with E-state index < -0.39 is 15.8 Å². The van der Waals surface area contributed by atoms with Gasteiger partial charge in [0, 0.05) is 25.8 Å². The minimum Gasteiger partial charge on any atom is -0.376 e. The monoisotopic (exact) mass is 392 g/mol. The molecule has 0 aliphatic carbocycles. The summed E-state index contributed by atoms with van der Waals surface area (Å²) >= 11 is 0. The average molecular weight is 392 g/mol. The third kappa shape index (κ3) is 4.45. The van der Waals surface area contributed by atoms with Crippen LogP contribution in [0.4, 0.5) is 10.1 Å². The highest BCUT2D eigenvalue weighted by atomic mass is 32.2. The van der Waals surface area contributed by atoms with E-state index >= 15 is 0 Å². The van der Waals surface area contributed by atoms with Gasteiger partial charge >= 0.3 is 0 Å². The first-order valence-electron chi connectivity index (χ1n) is 8.62. The molecule has 1 aliphatic heterocycles. The van der Waals surface area contributed by atoms with Crippen molar-refractivity contribution in [2.45, 2.75) is 23.8 Å². The standard InChI is InChI=1S/C19H21FN2O4S/c1-22(16-9-7-15(20)8-10-16)27(24,25)18-6-2-4-14(12-18)19(23)21-13-17-5-3-11-26-17/h2,4,6-10,12,17H,3,5,11,13H2,1H3,(H,21,23)/t17-/m0/s1. The van der Waals surface area contributed by atoms with Gasteiger partial charge in [0.1, 0.15) is 5.82 Å². The van der Waals surface area contributed by atoms with Crippen LogP contribution in [0.3, 0.4) is 0 Å². The molecular weight excluding hydrogens is 371 g/mol. The second-order valence-corrected chi connectivity index (χ2v) is 8.29. The average Bonchev–Trinajstić information content (AvgIpc) is 3.20. The molecule has 6 nitrogen and oxygen atoms in total. The summed E-state index contributed by atoms with van der Waals surface area (Å²) in [6, 6.07) is 11.0. The van der Waals surface area contributed by atoms with Crippen LogP contribution in [0.2, 0.25) is 0 Å². The van der Waals surface area contributed by atoms with Crippen LogP contribution in [0.1, 0.15) is 23.2 Å². The fraction of sp³-hybridized carbons (Fsp3) is 0.316. The molecule has 3 rings (SSSR count). The number of halogens is 1. The summed E-state index contributed by atoms with van der Waals surface area (Å²) in [4.78, 5) is 12.3. The lowest BCUT2D eigenvalue weighted by molar-refractivity contribution is 0.0857. The van der Waals surface area contributed by atoms with E-state index in [0.717, 1.165) is 17.1 Å². The summed E-state index contributed by atoms with van der Waals surface area (Å²) in [7, 11) is -2.50. The van der Waals surface area contributed by atoms with E-state index in [2.05, 4.69) is 5.32 Å². The van der Waals surface area contributed by atoms with Gasteiger partial charge < -0.3 is 10.1 Å². The van der Waals surface area contributed by atoms with Gasteiger partial charge in [-0.15, -0.1) is 0 Å². The topological polar surface area (TPSA) is 75.7 Å². The first kappa shape index (κ1) is 19.3. The molecule has 1 saturated heterocycles.